The molecule has 0 radical (unpaired) electrons. The standard InChI is InChI=1S/C26H32ClN3O3S/c1-7-23(24(31)29-20-12-18(27)21(32-5)13-22(20)33-6)34-25-16(14-28)10-15-11-17(26(2,3)4)8-9-19(15)30-25/h10,12-13,17,23H,7-9,11H2,1-6H3,(H,29,31). The number of methoxy groups -OCH3 is 2. The van der Waals surface area contributed by atoms with E-state index in [4.69, 9.17) is 26.1 Å². The summed E-state index contributed by atoms with van der Waals surface area (Å²) in [6.07, 6.45) is 3.47. The molecule has 1 aromatic carbocycles. The number of aryl methyl sites for hydroxylation is 1. The second-order valence-electron chi connectivity index (χ2n) is 9.56. The van der Waals surface area contributed by atoms with E-state index in [1.54, 1.807) is 12.1 Å². The molecule has 0 aliphatic heterocycles. The minimum atomic E-state index is -0.436. The molecule has 3 rings (SSSR count). The molecule has 6 nitrogen and oxygen atoms in total. The fourth-order valence-electron chi connectivity index (χ4n) is 4.18. The number of aromatic nitrogens is 1. The lowest BCUT2D eigenvalue weighted by atomic mass is 9.71. The van der Waals surface area contributed by atoms with Crippen molar-refractivity contribution in [1.82, 2.24) is 4.98 Å². The number of amides is 1. The van der Waals surface area contributed by atoms with Crippen LogP contribution < -0.4 is 14.8 Å². The van der Waals surface area contributed by atoms with Crippen LogP contribution in [-0.2, 0) is 17.6 Å². The van der Waals surface area contributed by atoms with E-state index in [0.717, 1.165) is 30.5 Å². The number of carbonyl (C=O) groups excluding carboxylic acids is 1. The molecular weight excluding hydrogens is 470 g/mol. The Morgan fingerprint density at radius 2 is 2.00 bits per heavy atom. The highest BCUT2D eigenvalue weighted by atomic mass is 35.5. The SMILES string of the molecule is CCC(Sc1nc2c(cc1C#N)CC(C(C)(C)C)CC2)C(=O)Nc1cc(Cl)c(OC)cc1OC. The number of halogens is 1. The highest BCUT2D eigenvalue weighted by Gasteiger charge is 2.31. The number of nitriles is 1. The average Bonchev–Trinajstić information content (AvgIpc) is 2.81. The summed E-state index contributed by atoms with van der Waals surface area (Å²) >= 11 is 7.57. The minimum Gasteiger partial charge on any atom is -0.495 e. The summed E-state index contributed by atoms with van der Waals surface area (Å²) < 4.78 is 10.6. The van der Waals surface area contributed by atoms with Gasteiger partial charge in [0.2, 0.25) is 5.91 Å². The molecule has 182 valence electrons. The first kappa shape index (κ1) is 26.2. The molecule has 0 bridgehead atoms. The Morgan fingerprint density at radius 3 is 2.59 bits per heavy atom. The highest BCUT2D eigenvalue weighted by Crippen LogP contribution is 2.39. The Morgan fingerprint density at radius 1 is 1.29 bits per heavy atom. The first-order valence-corrected chi connectivity index (χ1v) is 12.7. The lowest BCUT2D eigenvalue weighted by Crippen LogP contribution is -2.28. The quantitative estimate of drug-likeness (QED) is 0.449. The van der Waals surface area contributed by atoms with Crippen LogP contribution in [0.15, 0.2) is 23.2 Å². The van der Waals surface area contributed by atoms with E-state index >= 15 is 0 Å². The molecule has 2 atom stereocenters. The van der Waals surface area contributed by atoms with E-state index < -0.39 is 5.25 Å². The first-order chi connectivity index (χ1) is 16.1. The van der Waals surface area contributed by atoms with Gasteiger partial charge in [-0.15, -0.1) is 0 Å². The fraction of sp³-hybridized carbons (Fsp3) is 0.500. The molecule has 0 saturated carbocycles. The van der Waals surface area contributed by atoms with E-state index in [9.17, 15) is 10.1 Å². The van der Waals surface area contributed by atoms with Crippen LogP contribution in [0, 0.1) is 22.7 Å². The van der Waals surface area contributed by atoms with Crippen molar-refractivity contribution >= 4 is 35.0 Å². The first-order valence-electron chi connectivity index (χ1n) is 11.4. The summed E-state index contributed by atoms with van der Waals surface area (Å²) in [6, 6.07) is 7.50. The number of nitrogens with one attached hydrogen (secondary N) is 1. The number of thioether (sulfide) groups is 1. The Kier molecular flexibility index (Phi) is 8.38. The largest absolute Gasteiger partial charge is 0.495 e. The van der Waals surface area contributed by atoms with Gasteiger partial charge in [0.1, 0.15) is 22.6 Å². The van der Waals surface area contributed by atoms with Gasteiger partial charge in [-0.2, -0.15) is 5.26 Å². The van der Waals surface area contributed by atoms with Gasteiger partial charge >= 0.3 is 0 Å². The summed E-state index contributed by atoms with van der Waals surface area (Å²) in [5.41, 5.74) is 3.40. The van der Waals surface area contributed by atoms with Gasteiger partial charge in [0.25, 0.3) is 0 Å². The van der Waals surface area contributed by atoms with E-state index in [2.05, 4.69) is 32.2 Å². The van der Waals surface area contributed by atoms with Crippen molar-refractivity contribution in [1.29, 1.82) is 5.26 Å². The topological polar surface area (TPSA) is 84.2 Å². The lowest BCUT2D eigenvalue weighted by Gasteiger charge is -2.34. The number of ether oxygens (including phenoxy) is 2. The van der Waals surface area contributed by atoms with Gasteiger partial charge in [0, 0.05) is 11.8 Å². The summed E-state index contributed by atoms with van der Waals surface area (Å²) in [5, 5.41) is 13.3. The predicted molar refractivity (Wildman–Crippen MR) is 137 cm³/mol. The van der Waals surface area contributed by atoms with Crippen LogP contribution >= 0.6 is 23.4 Å². The molecule has 2 unspecified atom stereocenters. The molecule has 1 heterocycles. The molecule has 1 aliphatic carbocycles. The van der Waals surface area contributed by atoms with E-state index in [0.29, 0.717) is 45.1 Å². The van der Waals surface area contributed by atoms with Gasteiger partial charge in [0.15, 0.2) is 0 Å². The molecule has 0 fully saturated rings. The monoisotopic (exact) mass is 501 g/mol. The summed E-state index contributed by atoms with van der Waals surface area (Å²) in [7, 11) is 3.04. The number of rotatable bonds is 7. The summed E-state index contributed by atoms with van der Waals surface area (Å²) in [4.78, 5) is 18.0. The third-order valence-electron chi connectivity index (χ3n) is 6.35. The van der Waals surface area contributed by atoms with Gasteiger partial charge in [0.05, 0.1) is 35.7 Å². The van der Waals surface area contributed by atoms with Crippen molar-refractivity contribution in [2.75, 3.05) is 19.5 Å². The number of nitrogens with zero attached hydrogens (tertiary/aromatic N) is 2. The maximum Gasteiger partial charge on any atom is 0.238 e. The molecule has 34 heavy (non-hydrogen) atoms. The third-order valence-corrected chi connectivity index (χ3v) is 8.01. The van der Waals surface area contributed by atoms with Gasteiger partial charge in [-0.3, -0.25) is 4.79 Å². The number of hydrogen-bond donors (Lipinski definition) is 1. The van der Waals surface area contributed by atoms with Gasteiger partial charge in [-0.1, -0.05) is 51.1 Å². The van der Waals surface area contributed by atoms with Crippen LogP contribution in [0.2, 0.25) is 5.02 Å². The molecule has 8 heteroatoms. The van der Waals surface area contributed by atoms with Crippen LogP contribution in [-0.4, -0.2) is 30.4 Å². The van der Waals surface area contributed by atoms with Gasteiger partial charge in [-0.05, 0) is 54.7 Å². The Hall–Kier alpha value is -2.43. The van der Waals surface area contributed by atoms with Crippen LogP contribution in [0.1, 0.15) is 57.4 Å². The van der Waals surface area contributed by atoms with E-state index in [1.165, 1.54) is 26.0 Å². The lowest BCUT2D eigenvalue weighted by molar-refractivity contribution is -0.115. The maximum absolute atomic E-state index is 13.2. The summed E-state index contributed by atoms with van der Waals surface area (Å²) in [6.45, 7) is 8.73. The van der Waals surface area contributed by atoms with Crippen molar-refractivity contribution in [2.45, 2.75) is 63.7 Å². The van der Waals surface area contributed by atoms with Crippen molar-refractivity contribution in [3.8, 4) is 17.6 Å². The normalized spacial score (nSPS) is 16.2. The Balaban J connectivity index is 1.82. The molecule has 1 amide bonds. The molecule has 1 N–H and O–H groups in total. The minimum absolute atomic E-state index is 0.205. The number of pyridine rings is 1. The Labute approximate surface area is 211 Å². The third kappa shape index (κ3) is 5.79. The number of benzene rings is 1. The smallest absolute Gasteiger partial charge is 0.238 e. The van der Waals surface area contributed by atoms with Gasteiger partial charge < -0.3 is 14.8 Å². The van der Waals surface area contributed by atoms with Crippen LogP contribution in [0.5, 0.6) is 11.5 Å². The second-order valence-corrected chi connectivity index (χ2v) is 11.2. The van der Waals surface area contributed by atoms with Gasteiger partial charge in [-0.25, -0.2) is 4.98 Å². The number of anilines is 1. The molecule has 0 saturated heterocycles. The molecule has 2 aromatic rings. The zero-order chi connectivity index (χ0) is 25.0. The number of carbonyl (C=O) groups is 1. The maximum atomic E-state index is 13.2. The van der Waals surface area contributed by atoms with Crippen LogP contribution in [0.4, 0.5) is 5.69 Å². The fourth-order valence-corrected chi connectivity index (χ4v) is 5.42. The summed E-state index contributed by atoms with van der Waals surface area (Å²) in [5.74, 6) is 1.27. The Bertz CT molecular complexity index is 1110. The van der Waals surface area contributed by atoms with E-state index in [-0.39, 0.29) is 11.3 Å². The van der Waals surface area contributed by atoms with Crippen molar-refractivity contribution < 1.29 is 14.3 Å². The van der Waals surface area contributed by atoms with Crippen LogP contribution in [0.25, 0.3) is 0 Å². The second kappa shape index (κ2) is 10.9. The van der Waals surface area contributed by atoms with Crippen molar-refractivity contribution in [2.24, 2.45) is 11.3 Å². The number of hydrogen-bond acceptors (Lipinski definition) is 6. The predicted octanol–water partition coefficient (Wildman–Crippen LogP) is 6.28. The van der Waals surface area contributed by atoms with Crippen molar-refractivity contribution in [3.63, 3.8) is 0 Å². The molecular formula is C26H32ClN3O3S. The highest BCUT2D eigenvalue weighted by molar-refractivity contribution is 8.00. The van der Waals surface area contributed by atoms with E-state index in [1.807, 2.05) is 13.0 Å². The number of fused-ring (bicyclic) bond motifs is 1. The molecule has 0 spiro atoms. The zero-order valence-electron chi connectivity index (χ0n) is 20.6. The van der Waals surface area contributed by atoms with Crippen LogP contribution in [0.3, 0.4) is 0 Å². The molecule has 1 aliphatic rings. The van der Waals surface area contributed by atoms with Crippen molar-refractivity contribution in [3.05, 3.63) is 40.0 Å². The zero-order valence-corrected chi connectivity index (χ0v) is 22.2. The average molecular weight is 502 g/mol. The molecule has 1 aromatic heterocycles.